The van der Waals surface area contributed by atoms with E-state index in [-0.39, 0.29) is 11.8 Å². The summed E-state index contributed by atoms with van der Waals surface area (Å²) in [5, 5.41) is 3.96. The Morgan fingerprint density at radius 1 is 0.816 bits per heavy atom. The molecule has 38 heavy (non-hydrogen) atoms. The number of rotatable bonds is 5. The van der Waals surface area contributed by atoms with E-state index in [0.717, 1.165) is 74.0 Å². The average molecular weight is 505 g/mol. The maximum absolute atomic E-state index is 14.0. The van der Waals surface area contributed by atoms with Crippen molar-refractivity contribution in [2.75, 3.05) is 25.0 Å². The monoisotopic (exact) mass is 504 g/mol. The van der Waals surface area contributed by atoms with E-state index in [1.165, 1.54) is 5.56 Å². The van der Waals surface area contributed by atoms with Crippen molar-refractivity contribution in [2.24, 2.45) is 0 Å². The molecule has 1 fully saturated rings. The third-order valence-corrected chi connectivity index (χ3v) is 7.65. The van der Waals surface area contributed by atoms with E-state index in [4.69, 9.17) is 4.98 Å². The zero-order chi connectivity index (χ0) is 25.9. The van der Waals surface area contributed by atoms with E-state index in [2.05, 4.69) is 34.5 Å². The molecule has 6 heteroatoms. The normalized spacial score (nSPS) is 15.7. The van der Waals surface area contributed by atoms with Crippen LogP contribution >= 0.6 is 0 Å². The number of nitrogens with one attached hydrogen (secondary N) is 1. The maximum atomic E-state index is 14.0. The minimum atomic E-state index is -0.194. The third-order valence-electron chi connectivity index (χ3n) is 7.65. The molecule has 0 aliphatic carbocycles. The highest BCUT2D eigenvalue weighted by molar-refractivity contribution is 6.15. The molecule has 6 nitrogen and oxygen atoms in total. The molecule has 0 saturated carbocycles. The minimum Gasteiger partial charge on any atom is -0.339 e. The Hall–Kier alpha value is -4.03. The van der Waals surface area contributed by atoms with Gasteiger partial charge in [0.05, 0.1) is 22.3 Å². The first-order chi connectivity index (χ1) is 18.7. The summed E-state index contributed by atoms with van der Waals surface area (Å²) in [6.07, 6.45) is 3.99. The van der Waals surface area contributed by atoms with Crippen LogP contribution in [0.3, 0.4) is 0 Å². The zero-order valence-corrected chi connectivity index (χ0v) is 21.5. The lowest BCUT2D eigenvalue weighted by atomic mass is 9.94. The van der Waals surface area contributed by atoms with Crippen molar-refractivity contribution in [3.05, 3.63) is 107 Å². The van der Waals surface area contributed by atoms with Crippen LogP contribution in [0, 0.1) is 0 Å². The summed E-state index contributed by atoms with van der Waals surface area (Å²) >= 11 is 0. The van der Waals surface area contributed by atoms with Gasteiger partial charge in [-0.05, 0) is 43.0 Å². The summed E-state index contributed by atoms with van der Waals surface area (Å²) in [6, 6.07) is 25.6. The predicted octanol–water partition coefficient (Wildman–Crippen LogP) is 5.67. The molecule has 192 valence electrons. The second-order valence-electron chi connectivity index (χ2n) is 10.2. The quantitative estimate of drug-likeness (QED) is 0.380. The number of fused-ring (bicyclic) bond motifs is 2. The van der Waals surface area contributed by atoms with E-state index < -0.39 is 0 Å². The van der Waals surface area contributed by atoms with Crippen molar-refractivity contribution in [1.82, 2.24) is 14.8 Å². The summed E-state index contributed by atoms with van der Waals surface area (Å²) in [5.74, 6) is -0.212. The van der Waals surface area contributed by atoms with Crippen molar-refractivity contribution < 1.29 is 9.59 Å². The smallest absolute Gasteiger partial charge is 0.256 e. The number of anilines is 1. The Labute approximate surface area is 223 Å². The molecule has 6 rings (SSSR count). The summed E-state index contributed by atoms with van der Waals surface area (Å²) in [5.41, 5.74) is 5.79. The third kappa shape index (κ3) is 4.92. The first-order valence-corrected chi connectivity index (χ1v) is 13.5. The number of likely N-dealkylation sites (tertiary alicyclic amines) is 1. The van der Waals surface area contributed by atoms with Gasteiger partial charge in [-0.1, -0.05) is 60.7 Å². The van der Waals surface area contributed by atoms with Crippen LogP contribution in [0.25, 0.3) is 10.9 Å². The topological polar surface area (TPSA) is 65.5 Å². The van der Waals surface area contributed by atoms with Gasteiger partial charge in [-0.15, -0.1) is 0 Å². The molecule has 2 aliphatic heterocycles. The minimum absolute atomic E-state index is 0.0174. The molecule has 3 aromatic carbocycles. The molecule has 0 radical (unpaired) electrons. The van der Waals surface area contributed by atoms with Gasteiger partial charge in [-0.25, -0.2) is 0 Å². The highest BCUT2D eigenvalue weighted by Gasteiger charge is 2.27. The molecule has 1 N–H and O–H groups in total. The Kier molecular flexibility index (Phi) is 6.88. The van der Waals surface area contributed by atoms with E-state index in [1.54, 1.807) is 0 Å². The molecule has 1 aromatic heterocycles. The van der Waals surface area contributed by atoms with Gasteiger partial charge in [0.1, 0.15) is 0 Å². The number of nitrogens with zero attached hydrogens (tertiary/aromatic N) is 3. The predicted molar refractivity (Wildman–Crippen MR) is 150 cm³/mol. The van der Waals surface area contributed by atoms with Gasteiger partial charge in [0.25, 0.3) is 11.8 Å². The van der Waals surface area contributed by atoms with Gasteiger partial charge in [0.2, 0.25) is 0 Å². The molecule has 3 heterocycles. The van der Waals surface area contributed by atoms with Gasteiger partial charge < -0.3 is 10.2 Å². The Balaban J connectivity index is 1.34. The molecule has 0 unspecified atom stereocenters. The van der Waals surface area contributed by atoms with Crippen molar-refractivity contribution in [3.63, 3.8) is 0 Å². The van der Waals surface area contributed by atoms with Crippen LogP contribution < -0.4 is 5.32 Å². The fourth-order valence-corrected chi connectivity index (χ4v) is 5.71. The second kappa shape index (κ2) is 10.8. The van der Waals surface area contributed by atoms with Crippen LogP contribution in [-0.2, 0) is 19.5 Å². The molecule has 0 spiro atoms. The summed E-state index contributed by atoms with van der Waals surface area (Å²) < 4.78 is 0. The Bertz CT molecular complexity index is 1480. The number of hydrogen-bond donors (Lipinski definition) is 1. The van der Waals surface area contributed by atoms with Gasteiger partial charge in [0.15, 0.2) is 0 Å². The van der Waals surface area contributed by atoms with Crippen LogP contribution in [0.5, 0.6) is 0 Å². The molecule has 4 aromatic rings. The molecule has 0 bridgehead atoms. The molecular weight excluding hydrogens is 472 g/mol. The molecule has 0 atom stereocenters. The van der Waals surface area contributed by atoms with E-state index >= 15 is 0 Å². The van der Waals surface area contributed by atoms with Crippen molar-refractivity contribution in [2.45, 2.75) is 38.8 Å². The van der Waals surface area contributed by atoms with Crippen molar-refractivity contribution in [1.29, 1.82) is 0 Å². The number of para-hydroxylation sites is 2. The zero-order valence-electron chi connectivity index (χ0n) is 21.5. The standard InChI is InChI=1S/C32H32N4O2/c37-31(34-28-16-8-6-14-25(28)32(38)36-18-9-2-10-19-36)30-24-13-5-7-15-27(24)33-29-17-20-35(22-26(29)30)21-23-11-3-1-4-12-23/h1,3-8,11-16H,2,9-10,17-22H2,(H,34,37). The molecular formula is C32H32N4O2. The Morgan fingerprint density at radius 3 is 2.39 bits per heavy atom. The molecule has 2 amide bonds. The maximum Gasteiger partial charge on any atom is 0.256 e. The summed E-state index contributed by atoms with van der Waals surface area (Å²) in [6.45, 7) is 3.89. The number of aromatic nitrogens is 1. The lowest BCUT2D eigenvalue weighted by molar-refractivity contribution is 0.0725. The van der Waals surface area contributed by atoms with Crippen LogP contribution in [-0.4, -0.2) is 46.2 Å². The number of piperidine rings is 1. The number of benzene rings is 3. The SMILES string of the molecule is O=C(Nc1ccccc1C(=O)N1CCCCC1)c1c2c(nc3ccccc13)CCN(Cc1ccccc1)C2. The number of pyridine rings is 1. The van der Waals surface area contributed by atoms with Crippen LogP contribution in [0.15, 0.2) is 78.9 Å². The van der Waals surface area contributed by atoms with Gasteiger partial charge >= 0.3 is 0 Å². The molecule has 1 saturated heterocycles. The highest BCUT2D eigenvalue weighted by Crippen LogP contribution is 2.30. The number of carbonyl (C=O) groups excluding carboxylic acids is 2. The van der Waals surface area contributed by atoms with Crippen LogP contribution in [0.1, 0.15) is 56.8 Å². The van der Waals surface area contributed by atoms with Gasteiger partial charge in [0, 0.05) is 55.8 Å². The van der Waals surface area contributed by atoms with E-state index in [1.807, 2.05) is 59.5 Å². The van der Waals surface area contributed by atoms with Crippen LogP contribution in [0.2, 0.25) is 0 Å². The summed E-state index contributed by atoms with van der Waals surface area (Å²) in [7, 11) is 0. The largest absolute Gasteiger partial charge is 0.339 e. The summed E-state index contributed by atoms with van der Waals surface area (Å²) in [4.78, 5) is 36.6. The first kappa shape index (κ1) is 24.3. The fourth-order valence-electron chi connectivity index (χ4n) is 5.71. The average Bonchev–Trinajstić information content (AvgIpc) is 2.97. The van der Waals surface area contributed by atoms with Gasteiger partial charge in [-0.3, -0.25) is 19.5 Å². The lowest BCUT2D eigenvalue weighted by Crippen LogP contribution is -2.36. The van der Waals surface area contributed by atoms with Gasteiger partial charge in [-0.2, -0.15) is 0 Å². The Morgan fingerprint density at radius 2 is 1.55 bits per heavy atom. The molecule has 2 aliphatic rings. The van der Waals surface area contributed by atoms with Crippen molar-refractivity contribution in [3.8, 4) is 0 Å². The van der Waals surface area contributed by atoms with Crippen LogP contribution in [0.4, 0.5) is 5.69 Å². The lowest BCUT2D eigenvalue weighted by Gasteiger charge is -2.30. The number of hydrogen-bond acceptors (Lipinski definition) is 4. The first-order valence-electron chi connectivity index (χ1n) is 13.5. The van der Waals surface area contributed by atoms with Crippen molar-refractivity contribution >= 4 is 28.4 Å². The van der Waals surface area contributed by atoms with E-state index in [9.17, 15) is 9.59 Å². The number of carbonyl (C=O) groups is 2. The second-order valence-corrected chi connectivity index (χ2v) is 10.2. The van der Waals surface area contributed by atoms with E-state index in [0.29, 0.717) is 23.4 Å². The number of amides is 2. The highest BCUT2D eigenvalue weighted by atomic mass is 16.2. The fraction of sp³-hybridized carbons (Fsp3) is 0.281.